The van der Waals surface area contributed by atoms with Crippen LogP contribution in [0.5, 0.6) is 0 Å². The van der Waals surface area contributed by atoms with Gasteiger partial charge in [-0.15, -0.1) is 12.0 Å². The fourth-order valence-electron chi connectivity index (χ4n) is 1.21. The summed E-state index contributed by atoms with van der Waals surface area (Å²) >= 11 is 0. The average molecular weight is 202 g/mol. The number of hydrogen-bond acceptors (Lipinski definition) is 2. The van der Waals surface area contributed by atoms with Gasteiger partial charge in [0, 0.05) is 12.7 Å². The van der Waals surface area contributed by atoms with Crippen molar-refractivity contribution in [2.24, 2.45) is 0 Å². The summed E-state index contributed by atoms with van der Waals surface area (Å²) in [6.45, 7) is 3.93. The molecule has 0 unspecified atom stereocenters. The summed E-state index contributed by atoms with van der Waals surface area (Å²) in [5.74, 6) is 0. The van der Waals surface area contributed by atoms with Crippen LogP contribution < -0.4 is 11.2 Å². The highest BCUT2D eigenvalue weighted by molar-refractivity contribution is 6.50. The summed E-state index contributed by atoms with van der Waals surface area (Å²) in [6, 6.07) is 0. The molecule has 0 bridgehead atoms. The van der Waals surface area contributed by atoms with Gasteiger partial charge in [-0.1, -0.05) is 12.2 Å². The van der Waals surface area contributed by atoms with Crippen LogP contribution in [0, 0.1) is 0 Å². The van der Waals surface area contributed by atoms with Crippen LogP contribution >= 0.6 is 0 Å². The first-order valence-electron chi connectivity index (χ1n) is 4.64. The van der Waals surface area contributed by atoms with E-state index in [2.05, 4.69) is 11.6 Å². The molecule has 0 radical (unpaired) electrons. The lowest BCUT2D eigenvalue weighted by molar-refractivity contribution is 0.735. The molecule has 76 valence electrons. The van der Waals surface area contributed by atoms with Crippen molar-refractivity contribution in [3.05, 3.63) is 50.6 Å². The van der Waals surface area contributed by atoms with Crippen LogP contribution in [0.2, 0.25) is 0 Å². The second-order valence-corrected chi connectivity index (χ2v) is 3.51. The molecule has 0 aliphatic rings. The zero-order chi connectivity index (χ0) is 11.4. The predicted octanol–water partition coefficient (Wildman–Crippen LogP) is -1.71. The summed E-state index contributed by atoms with van der Waals surface area (Å²) in [6.07, 6.45) is 4.87. The summed E-state index contributed by atoms with van der Waals surface area (Å²) in [5.41, 5.74) is -0.288. The van der Waals surface area contributed by atoms with Crippen molar-refractivity contribution in [3.8, 4) is 0 Å². The SMILES string of the molecule is BC(B)=Cc1cn(CC=C)c(=O)[nH]c1=O. The second-order valence-electron chi connectivity index (χ2n) is 3.51. The average Bonchev–Trinajstić information content (AvgIpc) is 2.12. The van der Waals surface area contributed by atoms with Gasteiger partial charge < -0.3 is 0 Å². The lowest BCUT2D eigenvalue weighted by Crippen LogP contribution is -2.30. The van der Waals surface area contributed by atoms with Gasteiger partial charge in [0.05, 0.1) is 5.56 Å². The summed E-state index contributed by atoms with van der Waals surface area (Å²) in [7, 11) is 3.78. The van der Waals surface area contributed by atoms with Gasteiger partial charge in [-0.25, -0.2) is 4.79 Å². The molecule has 4 nitrogen and oxygen atoms in total. The maximum Gasteiger partial charge on any atom is 0.328 e. The molecular formula is C9H12B2N2O2. The van der Waals surface area contributed by atoms with Crippen molar-refractivity contribution in [2.45, 2.75) is 6.54 Å². The van der Waals surface area contributed by atoms with Gasteiger partial charge in [-0.05, 0) is 0 Å². The number of H-pyrrole nitrogens is 1. The van der Waals surface area contributed by atoms with E-state index in [0.29, 0.717) is 12.1 Å². The smallest absolute Gasteiger partial charge is 0.296 e. The lowest BCUT2D eigenvalue weighted by atomic mass is 9.77. The molecule has 15 heavy (non-hydrogen) atoms. The quantitative estimate of drug-likeness (QED) is 0.468. The number of nitrogens with one attached hydrogen (secondary N) is 1. The minimum absolute atomic E-state index is 0.360. The standard InChI is InChI=1S/C9H12B2N2O2/c1-2-3-13-5-6(4-7(10)11)8(14)12-9(13)15/h2,4-5H,1,3,10-11H2,(H,12,14,15). The molecule has 0 aliphatic carbocycles. The number of aromatic nitrogens is 2. The van der Waals surface area contributed by atoms with Crippen molar-refractivity contribution in [1.82, 2.24) is 9.55 Å². The lowest BCUT2D eigenvalue weighted by Gasteiger charge is -2.02. The summed E-state index contributed by atoms with van der Waals surface area (Å²) in [4.78, 5) is 25.0. The Bertz CT molecular complexity index is 510. The van der Waals surface area contributed by atoms with Crippen LogP contribution in [0.25, 0.3) is 6.08 Å². The predicted molar refractivity (Wildman–Crippen MR) is 66.6 cm³/mol. The van der Waals surface area contributed by atoms with Crippen LogP contribution in [-0.2, 0) is 6.54 Å². The highest BCUT2D eigenvalue weighted by Crippen LogP contribution is 1.94. The van der Waals surface area contributed by atoms with Crippen molar-refractivity contribution < 1.29 is 0 Å². The number of aromatic amines is 1. The highest BCUT2D eigenvalue weighted by atomic mass is 16.2. The van der Waals surface area contributed by atoms with Gasteiger partial charge >= 0.3 is 5.69 Å². The molecule has 0 saturated carbocycles. The van der Waals surface area contributed by atoms with Gasteiger partial charge in [-0.3, -0.25) is 14.3 Å². The summed E-state index contributed by atoms with van der Waals surface area (Å²) < 4.78 is 1.41. The van der Waals surface area contributed by atoms with Gasteiger partial charge in [0.2, 0.25) is 0 Å². The van der Waals surface area contributed by atoms with Gasteiger partial charge in [0.1, 0.15) is 15.7 Å². The van der Waals surface area contributed by atoms with E-state index < -0.39 is 5.69 Å². The van der Waals surface area contributed by atoms with Gasteiger partial charge in [0.25, 0.3) is 5.56 Å². The van der Waals surface area contributed by atoms with E-state index in [1.54, 1.807) is 12.2 Å². The van der Waals surface area contributed by atoms with Crippen molar-refractivity contribution in [1.29, 1.82) is 0 Å². The number of rotatable bonds is 3. The fraction of sp³-hybridized carbons (Fsp3) is 0.111. The van der Waals surface area contributed by atoms with Crippen LogP contribution in [0.1, 0.15) is 5.56 Å². The molecule has 6 heteroatoms. The molecule has 0 amide bonds. The van der Waals surface area contributed by atoms with Crippen molar-refractivity contribution >= 4 is 21.8 Å². The van der Waals surface area contributed by atoms with Crippen LogP contribution in [-0.4, -0.2) is 25.2 Å². The molecular weight excluding hydrogens is 190 g/mol. The Kier molecular flexibility index (Phi) is 3.55. The molecule has 1 heterocycles. The van der Waals surface area contributed by atoms with Crippen LogP contribution in [0.15, 0.2) is 33.8 Å². The van der Waals surface area contributed by atoms with Crippen LogP contribution in [0.3, 0.4) is 0 Å². The van der Waals surface area contributed by atoms with E-state index in [9.17, 15) is 9.59 Å². The minimum atomic E-state index is -0.411. The van der Waals surface area contributed by atoms with E-state index in [0.717, 1.165) is 5.37 Å². The molecule has 1 aromatic heterocycles. The van der Waals surface area contributed by atoms with E-state index in [1.165, 1.54) is 10.8 Å². The van der Waals surface area contributed by atoms with E-state index in [4.69, 9.17) is 0 Å². The van der Waals surface area contributed by atoms with E-state index in [1.807, 2.05) is 15.7 Å². The zero-order valence-electron chi connectivity index (χ0n) is 8.91. The number of allylic oxidation sites excluding steroid dienone is 1. The molecule has 0 atom stereocenters. The first-order valence-corrected chi connectivity index (χ1v) is 4.64. The third kappa shape index (κ3) is 2.87. The van der Waals surface area contributed by atoms with Crippen molar-refractivity contribution in [2.75, 3.05) is 0 Å². The maximum atomic E-state index is 11.4. The Morgan fingerprint density at radius 2 is 2.20 bits per heavy atom. The topological polar surface area (TPSA) is 54.9 Å². The third-order valence-electron chi connectivity index (χ3n) is 1.81. The normalized spacial score (nSPS) is 9.60. The minimum Gasteiger partial charge on any atom is -0.296 e. The maximum absolute atomic E-state index is 11.4. The van der Waals surface area contributed by atoms with Crippen LogP contribution in [0.4, 0.5) is 0 Å². The second kappa shape index (κ2) is 4.68. The zero-order valence-corrected chi connectivity index (χ0v) is 8.91. The molecule has 1 aromatic rings. The fourth-order valence-corrected chi connectivity index (χ4v) is 1.21. The van der Waals surface area contributed by atoms with E-state index >= 15 is 0 Å². The van der Waals surface area contributed by atoms with Gasteiger partial charge in [-0.2, -0.15) is 0 Å². The monoisotopic (exact) mass is 202 g/mol. The van der Waals surface area contributed by atoms with E-state index in [-0.39, 0.29) is 5.56 Å². The Morgan fingerprint density at radius 3 is 2.73 bits per heavy atom. The number of hydrogen-bond donors (Lipinski definition) is 1. The molecule has 1 N–H and O–H groups in total. The summed E-state index contributed by atoms with van der Waals surface area (Å²) in [5, 5.41) is 1.00. The Balaban J connectivity index is 3.36. The number of nitrogens with zero attached hydrogens (tertiary/aromatic N) is 1. The molecule has 1 rings (SSSR count). The third-order valence-corrected chi connectivity index (χ3v) is 1.81. The molecule has 0 fully saturated rings. The molecule has 0 spiro atoms. The first kappa shape index (κ1) is 11.4. The van der Waals surface area contributed by atoms with Crippen molar-refractivity contribution in [3.63, 3.8) is 0 Å². The van der Waals surface area contributed by atoms with Gasteiger partial charge in [0.15, 0.2) is 0 Å². The highest BCUT2D eigenvalue weighted by Gasteiger charge is 2.00. The largest absolute Gasteiger partial charge is 0.328 e. The Morgan fingerprint density at radius 1 is 1.53 bits per heavy atom. The molecule has 0 aromatic carbocycles. The molecule has 0 saturated heterocycles. The first-order chi connectivity index (χ1) is 7.04. The molecule has 0 aliphatic heterocycles. The Hall–Kier alpha value is -1.71. The Labute approximate surface area is 89.2 Å².